The van der Waals surface area contributed by atoms with Crippen LogP contribution in [-0.2, 0) is 14.8 Å². The third kappa shape index (κ3) is 5.21. The number of hydrogen-bond donors (Lipinski definition) is 1. The highest BCUT2D eigenvalue weighted by molar-refractivity contribution is 8.00. The molecule has 3 rings (SSSR count). The normalized spacial score (nSPS) is 18.9. The van der Waals surface area contributed by atoms with E-state index in [0.717, 1.165) is 24.9 Å². The Kier molecular flexibility index (Phi) is 7.28. The fraction of sp³-hybridized carbons (Fsp3) is 0.650. The van der Waals surface area contributed by atoms with Crippen molar-refractivity contribution in [2.75, 3.05) is 43.2 Å². The first-order valence-corrected chi connectivity index (χ1v) is 12.6. The predicted molar refractivity (Wildman–Crippen MR) is 117 cm³/mol. The molecule has 0 aromatic heterocycles. The van der Waals surface area contributed by atoms with Crippen molar-refractivity contribution in [3.05, 3.63) is 18.2 Å². The maximum Gasteiger partial charge on any atom is 0.243 e. The third-order valence-corrected chi connectivity index (χ3v) is 8.70. The van der Waals surface area contributed by atoms with Crippen molar-refractivity contribution in [1.29, 1.82) is 0 Å². The molecule has 28 heavy (non-hydrogen) atoms. The van der Waals surface area contributed by atoms with Crippen LogP contribution < -0.4 is 10.2 Å². The van der Waals surface area contributed by atoms with Gasteiger partial charge in [0, 0.05) is 32.4 Å². The molecule has 8 heteroatoms. The second-order valence-electron chi connectivity index (χ2n) is 7.80. The van der Waals surface area contributed by atoms with E-state index < -0.39 is 10.0 Å². The number of sulfonamides is 1. The minimum atomic E-state index is -3.53. The highest BCUT2D eigenvalue weighted by Crippen LogP contribution is 2.32. The van der Waals surface area contributed by atoms with Crippen LogP contribution in [0.1, 0.15) is 44.9 Å². The van der Waals surface area contributed by atoms with E-state index in [0.29, 0.717) is 29.8 Å². The topological polar surface area (TPSA) is 69.7 Å². The zero-order chi connectivity index (χ0) is 20.1. The molecule has 156 valence electrons. The number of carbonyl (C=O) groups excluding carboxylic acids is 1. The molecule has 0 atom stereocenters. The third-order valence-electron chi connectivity index (χ3n) is 5.43. The van der Waals surface area contributed by atoms with Crippen molar-refractivity contribution in [2.24, 2.45) is 0 Å². The summed E-state index contributed by atoms with van der Waals surface area (Å²) >= 11 is 1.71. The van der Waals surface area contributed by atoms with Crippen molar-refractivity contribution >= 4 is 39.1 Å². The van der Waals surface area contributed by atoms with Crippen molar-refractivity contribution in [3.8, 4) is 0 Å². The van der Waals surface area contributed by atoms with Gasteiger partial charge in [-0.15, -0.1) is 11.8 Å². The monoisotopic (exact) mass is 425 g/mol. The van der Waals surface area contributed by atoms with Gasteiger partial charge in [-0.2, -0.15) is 4.31 Å². The molecule has 1 heterocycles. The largest absolute Gasteiger partial charge is 0.376 e. The summed E-state index contributed by atoms with van der Waals surface area (Å²) in [4.78, 5) is 14.6. The Balaban J connectivity index is 1.76. The molecular weight excluding hydrogens is 394 g/mol. The number of nitrogens with one attached hydrogen (secondary N) is 1. The number of amides is 1. The molecule has 1 amide bonds. The van der Waals surface area contributed by atoms with Crippen LogP contribution in [0, 0.1) is 0 Å². The van der Waals surface area contributed by atoms with Gasteiger partial charge < -0.3 is 10.2 Å². The second kappa shape index (κ2) is 9.50. The molecule has 1 N–H and O–H groups in total. The Morgan fingerprint density at radius 1 is 1.14 bits per heavy atom. The van der Waals surface area contributed by atoms with Crippen molar-refractivity contribution < 1.29 is 13.2 Å². The lowest BCUT2D eigenvalue weighted by molar-refractivity contribution is -0.113. The average Bonchev–Trinajstić information content (AvgIpc) is 3.20. The lowest BCUT2D eigenvalue weighted by Crippen LogP contribution is -2.35. The molecule has 2 fully saturated rings. The summed E-state index contributed by atoms with van der Waals surface area (Å²) in [6.45, 7) is 1.13. The summed E-state index contributed by atoms with van der Waals surface area (Å²) in [6, 6.07) is 5.02. The highest BCUT2D eigenvalue weighted by Gasteiger charge is 2.27. The zero-order valence-corrected chi connectivity index (χ0v) is 18.4. The molecule has 2 aliphatic rings. The molecule has 0 bridgehead atoms. The molecular formula is C20H31N3O3S2. The molecule has 1 aliphatic heterocycles. The quantitative estimate of drug-likeness (QED) is 0.724. The maximum absolute atomic E-state index is 13.0. The molecule has 0 unspecified atom stereocenters. The molecule has 1 saturated heterocycles. The average molecular weight is 426 g/mol. The van der Waals surface area contributed by atoms with E-state index in [9.17, 15) is 13.2 Å². The molecule has 1 aliphatic carbocycles. The van der Waals surface area contributed by atoms with Crippen LogP contribution in [0.3, 0.4) is 0 Å². The number of piperidine rings is 1. The Labute approximate surface area is 173 Å². The first-order valence-electron chi connectivity index (χ1n) is 10.1. The number of benzene rings is 1. The minimum Gasteiger partial charge on any atom is -0.376 e. The van der Waals surface area contributed by atoms with Crippen LogP contribution in [0.4, 0.5) is 11.4 Å². The Bertz CT molecular complexity index is 784. The molecule has 6 nitrogen and oxygen atoms in total. The zero-order valence-electron chi connectivity index (χ0n) is 16.8. The fourth-order valence-corrected chi connectivity index (χ4v) is 6.52. The number of carbonyl (C=O) groups is 1. The Morgan fingerprint density at radius 3 is 2.46 bits per heavy atom. The van der Waals surface area contributed by atoms with E-state index in [2.05, 4.69) is 5.32 Å². The van der Waals surface area contributed by atoms with Crippen molar-refractivity contribution in [3.63, 3.8) is 0 Å². The molecule has 1 saturated carbocycles. The van der Waals surface area contributed by atoms with Gasteiger partial charge >= 0.3 is 0 Å². The van der Waals surface area contributed by atoms with Gasteiger partial charge in [0.15, 0.2) is 0 Å². The van der Waals surface area contributed by atoms with Crippen LogP contribution in [0.5, 0.6) is 0 Å². The number of rotatable bonds is 7. The second-order valence-corrected chi connectivity index (χ2v) is 11.0. The maximum atomic E-state index is 13.0. The van der Waals surface area contributed by atoms with Gasteiger partial charge in [-0.25, -0.2) is 8.42 Å². The Morgan fingerprint density at radius 2 is 1.82 bits per heavy atom. The van der Waals surface area contributed by atoms with Gasteiger partial charge in [-0.1, -0.05) is 19.3 Å². The standard InChI is InChI=1S/C20H31N3O3S2/c1-22(2)19-11-10-17(28(25,26)23-12-6-3-7-13-23)14-18(19)21-20(24)15-27-16-8-4-5-9-16/h10-11,14,16H,3-9,12-13,15H2,1-2H3,(H,21,24). The number of nitrogens with zero attached hydrogens (tertiary/aromatic N) is 2. The number of thioether (sulfide) groups is 1. The smallest absolute Gasteiger partial charge is 0.243 e. The van der Waals surface area contributed by atoms with Crippen LogP contribution in [-0.4, -0.2) is 56.8 Å². The van der Waals surface area contributed by atoms with E-state index in [1.165, 1.54) is 25.7 Å². The molecule has 1 aromatic rings. The highest BCUT2D eigenvalue weighted by atomic mass is 32.2. The van der Waals surface area contributed by atoms with Crippen molar-refractivity contribution in [2.45, 2.75) is 55.1 Å². The van der Waals surface area contributed by atoms with Gasteiger partial charge in [0.2, 0.25) is 15.9 Å². The van der Waals surface area contributed by atoms with Gasteiger partial charge in [0.05, 0.1) is 22.0 Å². The minimum absolute atomic E-state index is 0.0764. The van der Waals surface area contributed by atoms with Gasteiger partial charge in [-0.05, 0) is 43.9 Å². The van der Waals surface area contributed by atoms with E-state index >= 15 is 0 Å². The molecule has 1 aromatic carbocycles. The number of hydrogen-bond acceptors (Lipinski definition) is 5. The van der Waals surface area contributed by atoms with E-state index in [1.54, 1.807) is 34.3 Å². The predicted octanol–water partition coefficient (Wildman–Crippen LogP) is 3.54. The van der Waals surface area contributed by atoms with E-state index in [-0.39, 0.29) is 10.8 Å². The summed E-state index contributed by atoms with van der Waals surface area (Å²) in [5.41, 5.74) is 1.36. The van der Waals surface area contributed by atoms with Gasteiger partial charge in [-0.3, -0.25) is 4.79 Å². The molecule has 0 spiro atoms. The van der Waals surface area contributed by atoms with Crippen molar-refractivity contribution in [1.82, 2.24) is 4.31 Å². The number of anilines is 2. The first-order chi connectivity index (χ1) is 13.4. The summed E-state index contributed by atoms with van der Waals surface area (Å²) in [5.74, 6) is 0.327. The summed E-state index contributed by atoms with van der Waals surface area (Å²) in [7, 11) is 0.242. The van der Waals surface area contributed by atoms with Crippen LogP contribution in [0.2, 0.25) is 0 Å². The Hall–Kier alpha value is -1.25. The van der Waals surface area contributed by atoms with E-state index in [1.807, 2.05) is 19.0 Å². The van der Waals surface area contributed by atoms with Gasteiger partial charge in [0.1, 0.15) is 0 Å². The van der Waals surface area contributed by atoms with E-state index in [4.69, 9.17) is 0 Å². The van der Waals surface area contributed by atoms with Crippen LogP contribution >= 0.6 is 11.8 Å². The lowest BCUT2D eigenvalue weighted by Gasteiger charge is -2.26. The summed E-state index contributed by atoms with van der Waals surface area (Å²) in [6.07, 6.45) is 7.75. The first kappa shape index (κ1) is 21.5. The summed E-state index contributed by atoms with van der Waals surface area (Å²) < 4.78 is 27.6. The van der Waals surface area contributed by atoms with Crippen LogP contribution in [0.15, 0.2) is 23.1 Å². The summed E-state index contributed by atoms with van der Waals surface area (Å²) in [5, 5.41) is 3.52. The SMILES string of the molecule is CN(C)c1ccc(S(=O)(=O)N2CCCCC2)cc1NC(=O)CSC1CCCC1. The fourth-order valence-electron chi connectivity index (χ4n) is 3.85. The van der Waals surface area contributed by atoms with Crippen LogP contribution in [0.25, 0.3) is 0 Å². The lowest BCUT2D eigenvalue weighted by atomic mass is 10.2. The van der Waals surface area contributed by atoms with Gasteiger partial charge in [0.25, 0.3) is 0 Å². The molecule has 0 radical (unpaired) electrons.